The summed E-state index contributed by atoms with van der Waals surface area (Å²) in [6.07, 6.45) is 2.95. The van der Waals surface area contributed by atoms with Gasteiger partial charge in [0.2, 0.25) is 0 Å². The van der Waals surface area contributed by atoms with Crippen LogP contribution in [0.25, 0.3) is 0 Å². The summed E-state index contributed by atoms with van der Waals surface area (Å²) in [4.78, 5) is 4.10. The van der Waals surface area contributed by atoms with Gasteiger partial charge in [-0.15, -0.1) is 0 Å². The summed E-state index contributed by atoms with van der Waals surface area (Å²) in [6, 6.07) is 3.63. The molecule has 2 rings (SSSR count). The first-order valence-electron chi connectivity index (χ1n) is 4.60. The SMILES string of the molecule is O[C@@H]1CCC[C@H](O)c2cccnc21. The Morgan fingerprint density at radius 1 is 1.23 bits per heavy atom. The first kappa shape index (κ1) is 8.66. The minimum absolute atomic E-state index is 0.458. The van der Waals surface area contributed by atoms with Crippen LogP contribution in [0.5, 0.6) is 0 Å². The van der Waals surface area contributed by atoms with Gasteiger partial charge < -0.3 is 10.2 Å². The minimum atomic E-state index is -0.506. The van der Waals surface area contributed by atoms with Gasteiger partial charge in [0.1, 0.15) is 0 Å². The zero-order valence-corrected chi connectivity index (χ0v) is 7.35. The molecule has 1 heterocycles. The van der Waals surface area contributed by atoms with Crippen molar-refractivity contribution in [2.45, 2.75) is 31.5 Å². The predicted molar refractivity (Wildman–Crippen MR) is 48.0 cm³/mol. The summed E-state index contributed by atoms with van der Waals surface area (Å²) in [5.41, 5.74) is 1.43. The van der Waals surface area contributed by atoms with Crippen molar-refractivity contribution < 1.29 is 10.2 Å². The fourth-order valence-corrected chi connectivity index (χ4v) is 1.79. The molecule has 13 heavy (non-hydrogen) atoms. The third-order valence-corrected chi connectivity index (χ3v) is 2.50. The van der Waals surface area contributed by atoms with E-state index in [2.05, 4.69) is 4.98 Å². The number of aromatic nitrogens is 1. The highest BCUT2D eigenvalue weighted by atomic mass is 16.3. The van der Waals surface area contributed by atoms with Crippen LogP contribution in [0, 0.1) is 0 Å². The van der Waals surface area contributed by atoms with Gasteiger partial charge in [0.25, 0.3) is 0 Å². The highest BCUT2D eigenvalue weighted by Crippen LogP contribution is 2.32. The molecule has 0 saturated heterocycles. The molecule has 3 heteroatoms. The van der Waals surface area contributed by atoms with Gasteiger partial charge in [0.15, 0.2) is 0 Å². The number of nitrogens with zero attached hydrogens (tertiary/aromatic N) is 1. The maximum absolute atomic E-state index is 9.71. The maximum Gasteiger partial charge on any atom is 0.0963 e. The van der Waals surface area contributed by atoms with E-state index in [4.69, 9.17) is 0 Å². The summed E-state index contributed by atoms with van der Waals surface area (Å²) in [7, 11) is 0. The molecule has 0 saturated carbocycles. The molecule has 2 N–H and O–H groups in total. The number of hydrogen-bond acceptors (Lipinski definition) is 3. The van der Waals surface area contributed by atoms with Gasteiger partial charge in [-0.2, -0.15) is 0 Å². The Bertz CT molecular complexity index is 272. The van der Waals surface area contributed by atoms with Crippen molar-refractivity contribution in [3.05, 3.63) is 29.6 Å². The average Bonchev–Trinajstić information content (AvgIpc) is 2.29. The summed E-state index contributed by atoms with van der Waals surface area (Å²) in [5, 5.41) is 19.4. The Morgan fingerprint density at radius 3 is 2.85 bits per heavy atom. The maximum atomic E-state index is 9.71. The van der Waals surface area contributed by atoms with Crippen molar-refractivity contribution in [1.82, 2.24) is 4.98 Å². The van der Waals surface area contributed by atoms with Gasteiger partial charge in [0.05, 0.1) is 17.9 Å². The van der Waals surface area contributed by atoms with Gasteiger partial charge in [-0.25, -0.2) is 0 Å². The Kier molecular flexibility index (Phi) is 2.29. The molecular weight excluding hydrogens is 166 g/mol. The number of aliphatic hydroxyl groups is 2. The Hall–Kier alpha value is -0.930. The first-order chi connectivity index (χ1) is 6.29. The van der Waals surface area contributed by atoms with Crippen LogP contribution in [0.2, 0.25) is 0 Å². The number of fused-ring (bicyclic) bond motifs is 1. The van der Waals surface area contributed by atoms with Crippen molar-refractivity contribution in [2.75, 3.05) is 0 Å². The zero-order valence-electron chi connectivity index (χ0n) is 7.35. The third kappa shape index (κ3) is 1.57. The molecule has 0 amide bonds. The van der Waals surface area contributed by atoms with E-state index in [0.717, 1.165) is 18.4 Å². The molecule has 0 spiro atoms. The van der Waals surface area contributed by atoms with E-state index in [-0.39, 0.29) is 0 Å². The van der Waals surface area contributed by atoms with Crippen LogP contribution in [0.3, 0.4) is 0 Å². The second kappa shape index (κ2) is 3.44. The summed E-state index contributed by atoms with van der Waals surface area (Å²) in [5.74, 6) is 0. The van der Waals surface area contributed by atoms with Crippen molar-refractivity contribution in [1.29, 1.82) is 0 Å². The molecular formula is C10H13NO2. The van der Waals surface area contributed by atoms with E-state index in [0.29, 0.717) is 12.1 Å². The minimum Gasteiger partial charge on any atom is -0.388 e. The molecule has 3 nitrogen and oxygen atoms in total. The number of hydrogen-bond donors (Lipinski definition) is 2. The smallest absolute Gasteiger partial charge is 0.0963 e. The molecule has 0 aliphatic heterocycles. The molecule has 1 aromatic heterocycles. The third-order valence-electron chi connectivity index (χ3n) is 2.50. The van der Waals surface area contributed by atoms with Crippen molar-refractivity contribution >= 4 is 0 Å². The van der Waals surface area contributed by atoms with Crippen LogP contribution in [-0.4, -0.2) is 15.2 Å². The van der Waals surface area contributed by atoms with Gasteiger partial charge >= 0.3 is 0 Å². The number of rotatable bonds is 0. The standard InChI is InChI=1S/C10H13NO2/c12-8-4-1-5-9(13)10-7(8)3-2-6-11-10/h2-3,6,8-9,12-13H,1,4-5H2/t8-,9+/m0/s1. The average molecular weight is 179 g/mol. The molecule has 0 radical (unpaired) electrons. The largest absolute Gasteiger partial charge is 0.388 e. The second-order valence-electron chi connectivity index (χ2n) is 3.44. The van der Waals surface area contributed by atoms with Crippen LogP contribution in [-0.2, 0) is 0 Å². The molecule has 2 atom stereocenters. The molecule has 1 aliphatic rings. The summed E-state index contributed by atoms with van der Waals surface area (Å²) in [6.45, 7) is 0. The van der Waals surface area contributed by atoms with Gasteiger partial charge in [-0.1, -0.05) is 6.07 Å². The van der Waals surface area contributed by atoms with Crippen LogP contribution < -0.4 is 0 Å². The summed E-state index contributed by atoms with van der Waals surface area (Å²) >= 11 is 0. The Labute approximate surface area is 77.1 Å². The predicted octanol–water partition coefficient (Wildman–Crippen LogP) is 1.33. The van der Waals surface area contributed by atoms with E-state index in [1.54, 1.807) is 12.3 Å². The molecule has 70 valence electrons. The molecule has 0 bridgehead atoms. The normalized spacial score (nSPS) is 27.8. The first-order valence-corrected chi connectivity index (χ1v) is 4.60. The van der Waals surface area contributed by atoms with Crippen LogP contribution >= 0.6 is 0 Å². The van der Waals surface area contributed by atoms with E-state index < -0.39 is 12.2 Å². The molecule has 0 fully saturated rings. The lowest BCUT2D eigenvalue weighted by Gasteiger charge is -2.11. The van der Waals surface area contributed by atoms with Gasteiger partial charge in [-0.05, 0) is 25.3 Å². The van der Waals surface area contributed by atoms with Crippen LogP contribution in [0.15, 0.2) is 18.3 Å². The van der Waals surface area contributed by atoms with Crippen molar-refractivity contribution in [3.63, 3.8) is 0 Å². The Morgan fingerprint density at radius 2 is 2.00 bits per heavy atom. The lowest BCUT2D eigenvalue weighted by molar-refractivity contribution is 0.157. The molecule has 1 aliphatic carbocycles. The number of aliphatic hydroxyl groups excluding tert-OH is 2. The quantitative estimate of drug-likeness (QED) is 0.591. The van der Waals surface area contributed by atoms with Crippen molar-refractivity contribution in [2.24, 2.45) is 0 Å². The van der Waals surface area contributed by atoms with Gasteiger partial charge in [0, 0.05) is 11.8 Å². The topological polar surface area (TPSA) is 53.4 Å². The Balaban J connectivity index is 2.45. The second-order valence-corrected chi connectivity index (χ2v) is 3.44. The highest BCUT2D eigenvalue weighted by Gasteiger charge is 2.22. The zero-order chi connectivity index (χ0) is 9.26. The summed E-state index contributed by atoms with van der Waals surface area (Å²) < 4.78 is 0. The molecule has 0 aromatic carbocycles. The monoisotopic (exact) mass is 179 g/mol. The van der Waals surface area contributed by atoms with E-state index >= 15 is 0 Å². The molecule has 0 unspecified atom stereocenters. The van der Waals surface area contributed by atoms with E-state index in [1.807, 2.05) is 6.07 Å². The van der Waals surface area contributed by atoms with Crippen molar-refractivity contribution in [3.8, 4) is 0 Å². The van der Waals surface area contributed by atoms with E-state index in [9.17, 15) is 10.2 Å². The lowest BCUT2D eigenvalue weighted by atomic mass is 10.1. The lowest BCUT2D eigenvalue weighted by Crippen LogP contribution is -2.04. The van der Waals surface area contributed by atoms with Crippen LogP contribution in [0.1, 0.15) is 42.7 Å². The highest BCUT2D eigenvalue weighted by molar-refractivity contribution is 5.25. The molecule has 1 aromatic rings. The van der Waals surface area contributed by atoms with Crippen LogP contribution in [0.4, 0.5) is 0 Å². The fraction of sp³-hybridized carbons (Fsp3) is 0.500. The van der Waals surface area contributed by atoms with Gasteiger partial charge in [-0.3, -0.25) is 4.98 Å². The van der Waals surface area contributed by atoms with E-state index in [1.165, 1.54) is 0 Å². The fourth-order valence-electron chi connectivity index (χ4n) is 1.79. The number of pyridine rings is 1.